The van der Waals surface area contributed by atoms with E-state index in [1.807, 2.05) is 24.3 Å². The van der Waals surface area contributed by atoms with Crippen molar-refractivity contribution < 1.29 is 9.21 Å². The Morgan fingerprint density at radius 3 is 2.88 bits per heavy atom. The lowest BCUT2D eigenvalue weighted by Gasteiger charge is -2.03. The standard InChI is InChI=1S/C22H13Cl2N5O2S/c23-14-4-7-17(18(24)11-14)19-8-5-16(31-19)6-9-20(30)26-15-3-1-2-13(10-15)21-28-29-12-25-27-22(29)32-21/h1-12H,(H,26,30)/b9-6+. The molecule has 3 aromatic heterocycles. The van der Waals surface area contributed by atoms with Crippen molar-refractivity contribution in [3.05, 3.63) is 82.8 Å². The number of amides is 1. The number of anilines is 1. The van der Waals surface area contributed by atoms with Gasteiger partial charge in [0.1, 0.15) is 22.9 Å². The van der Waals surface area contributed by atoms with Crippen LogP contribution in [0.15, 0.2) is 71.4 Å². The lowest BCUT2D eigenvalue weighted by Crippen LogP contribution is -2.07. The molecule has 0 aliphatic rings. The van der Waals surface area contributed by atoms with Crippen molar-refractivity contribution in [3.8, 4) is 21.9 Å². The SMILES string of the molecule is O=C(/C=C/c1ccc(-c2ccc(Cl)cc2Cl)o1)Nc1cccc(-c2nn3cnnc3s2)c1. The van der Waals surface area contributed by atoms with Crippen molar-refractivity contribution in [1.29, 1.82) is 0 Å². The van der Waals surface area contributed by atoms with Crippen molar-refractivity contribution in [3.63, 3.8) is 0 Å². The third-order valence-electron chi connectivity index (χ3n) is 4.49. The van der Waals surface area contributed by atoms with Gasteiger partial charge in [0.15, 0.2) is 0 Å². The summed E-state index contributed by atoms with van der Waals surface area (Å²) >= 11 is 13.6. The number of aromatic nitrogens is 4. The van der Waals surface area contributed by atoms with Gasteiger partial charge in [-0.05, 0) is 48.5 Å². The molecule has 0 saturated carbocycles. The number of nitrogens with zero attached hydrogens (tertiary/aromatic N) is 4. The van der Waals surface area contributed by atoms with Gasteiger partial charge in [0.05, 0.1) is 5.02 Å². The second-order valence-electron chi connectivity index (χ2n) is 6.69. The number of hydrogen-bond donors (Lipinski definition) is 1. The Kier molecular flexibility index (Phi) is 5.48. The predicted octanol–water partition coefficient (Wildman–Crippen LogP) is 6.07. The Balaban J connectivity index is 1.28. The van der Waals surface area contributed by atoms with Crippen LogP contribution in [0.25, 0.3) is 32.9 Å². The molecule has 0 atom stereocenters. The number of halogens is 2. The molecule has 0 aliphatic heterocycles. The second kappa shape index (κ2) is 8.58. The Morgan fingerprint density at radius 2 is 2.03 bits per heavy atom. The van der Waals surface area contributed by atoms with Crippen LogP contribution in [0.5, 0.6) is 0 Å². The minimum absolute atomic E-state index is 0.289. The molecule has 7 nitrogen and oxygen atoms in total. The summed E-state index contributed by atoms with van der Waals surface area (Å²) in [5, 5.41) is 16.9. The number of carbonyl (C=O) groups is 1. The first-order valence-electron chi connectivity index (χ1n) is 9.37. The summed E-state index contributed by atoms with van der Waals surface area (Å²) in [6.07, 6.45) is 4.55. The Labute approximate surface area is 195 Å². The van der Waals surface area contributed by atoms with Crippen LogP contribution >= 0.6 is 34.5 Å². The monoisotopic (exact) mass is 481 g/mol. The molecule has 0 fully saturated rings. The highest BCUT2D eigenvalue weighted by molar-refractivity contribution is 7.19. The molecule has 2 aromatic carbocycles. The molecule has 0 radical (unpaired) electrons. The molecule has 0 spiro atoms. The minimum atomic E-state index is -0.289. The first kappa shape index (κ1) is 20.4. The van der Waals surface area contributed by atoms with Crippen LogP contribution < -0.4 is 5.32 Å². The average Bonchev–Trinajstić information content (AvgIpc) is 3.49. The van der Waals surface area contributed by atoms with Crippen LogP contribution in [0, 0.1) is 0 Å². The highest BCUT2D eigenvalue weighted by atomic mass is 35.5. The molecular formula is C22H13Cl2N5O2S. The van der Waals surface area contributed by atoms with Crippen LogP contribution in [0.2, 0.25) is 10.0 Å². The van der Waals surface area contributed by atoms with Gasteiger partial charge in [0.2, 0.25) is 10.9 Å². The van der Waals surface area contributed by atoms with Crippen molar-refractivity contribution in [2.45, 2.75) is 0 Å². The van der Waals surface area contributed by atoms with E-state index >= 15 is 0 Å². The van der Waals surface area contributed by atoms with E-state index in [4.69, 9.17) is 27.6 Å². The number of nitrogens with one attached hydrogen (secondary N) is 1. The smallest absolute Gasteiger partial charge is 0.248 e. The lowest BCUT2D eigenvalue weighted by molar-refractivity contribution is -0.111. The maximum Gasteiger partial charge on any atom is 0.248 e. The molecular weight excluding hydrogens is 469 g/mol. The van der Waals surface area contributed by atoms with Gasteiger partial charge in [-0.1, -0.05) is 46.7 Å². The topological polar surface area (TPSA) is 85.3 Å². The van der Waals surface area contributed by atoms with Gasteiger partial charge in [0.25, 0.3) is 0 Å². The van der Waals surface area contributed by atoms with Crippen LogP contribution in [-0.4, -0.2) is 25.7 Å². The van der Waals surface area contributed by atoms with Gasteiger partial charge in [-0.15, -0.1) is 10.2 Å². The number of benzene rings is 2. The summed E-state index contributed by atoms with van der Waals surface area (Å²) < 4.78 is 7.39. The third-order valence-corrected chi connectivity index (χ3v) is 6.00. The van der Waals surface area contributed by atoms with E-state index < -0.39 is 0 Å². The minimum Gasteiger partial charge on any atom is -0.457 e. The number of fused-ring (bicyclic) bond motifs is 1. The highest BCUT2D eigenvalue weighted by Gasteiger charge is 2.10. The zero-order chi connectivity index (χ0) is 22.1. The Bertz CT molecular complexity index is 1440. The Morgan fingerprint density at radius 1 is 1.12 bits per heavy atom. The number of furan rings is 1. The molecule has 5 rings (SSSR count). The molecule has 1 N–H and O–H groups in total. The van der Waals surface area contributed by atoms with E-state index in [9.17, 15) is 4.79 Å². The highest BCUT2D eigenvalue weighted by Crippen LogP contribution is 2.32. The maximum atomic E-state index is 12.4. The third kappa shape index (κ3) is 4.29. The van der Waals surface area contributed by atoms with E-state index in [0.717, 1.165) is 16.1 Å². The molecule has 3 heterocycles. The van der Waals surface area contributed by atoms with Crippen LogP contribution in [0.3, 0.4) is 0 Å². The normalized spacial score (nSPS) is 11.4. The lowest BCUT2D eigenvalue weighted by atomic mass is 10.2. The van der Waals surface area contributed by atoms with Gasteiger partial charge in [-0.3, -0.25) is 4.79 Å². The summed E-state index contributed by atoms with van der Waals surface area (Å²) in [5.41, 5.74) is 2.25. The van der Waals surface area contributed by atoms with Crippen molar-refractivity contribution in [2.75, 3.05) is 5.32 Å². The quantitative estimate of drug-likeness (QED) is 0.307. The van der Waals surface area contributed by atoms with Gasteiger partial charge in [-0.2, -0.15) is 9.61 Å². The molecule has 0 aliphatic carbocycles. The zero-order valence-corrected chi connectivity index (χ0v) is 18.5. The Hall–Kier alpha value is -3.46. The summed E-state index contributed by atoms with van der Waals surface area (Å²) in [6, 6.07) is 16.2. The van der Waals surface area contributed by atoms with Crippen molar-refractivity contribution in [2.24, 2.45) is 0 Å². The molecule has 0 unspecified atom stereocenters. The van der Waals surface area contributed by atoms with Gasteiger partial charge < -0.3 is 9.73 Å². The van der Waals surface area contributed by atoms with E-state index in [-0.39, 0.29) is 5.91 Å². The van der Waals surface area contributed by atoms with Gasteiger partial charge >= 0.3 is 0 Å². The van der Waals surface area contributed by atoms with E-state index in [1.165, 1.54) is 17.4 Å². The first-order chi connectivity index (χ1) is 15.5. The van der Waals surface area contributed by atoms with Gasteiger partial charge in [0, 0.05) is 27.9 Å². The van der Waals surface area contributed by atoms with E-state index in [2.05, 4.69) is 20.6 Å². The molecule has 10 heteroatoms. The number of rotatable bonds is 5. The largest absolute Gasteiger partial charge is 0.457 e. The summed E-state index contributed by atoms with van der Waals surface area (Å²) in [4.78, 5) is 13.1. The average molecular weight is 482 g/mol. The summed E-state index contributed by atoms with van der Waals surface area (Å²) in [6.45, 7) is 0. The molecule has 0 saturated heterocycles. The molecule has 5 aromatic rings. The van der Waals surface area contributed by atoms with Crippen LogP contribution in [0.4, 0.5) is 5.69 Å². The molecule has 32 heavy (non-hydrogen) atoms. The number of carbonyl (C=O) groups excluding carboxylic acids is 1. The predicted molar refractivity (Wildman–Crippen MR) is 126 cm³/mol. The van der Waals surface area contributed by atoms with E-state index in [0.29, 0.717) is 32.2 Å². The molecule has 158 valence electrons. The fraction of sp³-hybridized carbons (Fsp3) is 0. The van der Waals surface area contributed by atoms with E-state index in [1.54, 1.807) is 47.3 Å². The fourth-order valence-corrected chi connectivity index (χ4v) is 4.34. The van der Waals surface area contributed by atoms with Crippen LogP contribution in [-0.2, 0) is 4.79 Å². The van der Waals surface area contributed by atoms with Crippen molar-refractivity contribution >= 4 is 57.2 Å². The van der Waals surface area contributed by atoms with Crippen LogP contribution in [0.1, 0.15) is 5.76 Å². The number of hydrogen-bond acceptors (Lipinski definition) is 6. The fourth-order valence-electron chi connectivity index (χ4n) is 3.02. The summed E-state index contributed by atoms with van der Waals surface area (Å²) in [5.74, 6) is 0.821. The maximum absolute atomic E-state index is 12.4. The molecule has 1 amide bonds. The van der Waals surface area contributed by atoms with Gasteiger partial charge in [-0.25, -0.2) is 0 Å². The molecule has 0 bridgehead atoms. The summed E-state index contributed by atoms with van der Waals surface area (Å²) in [7, 11) is 0. The first-order valence-corrected chi connectivity index (χ1v) is 10.9. The van der Waals surface area contributed by atoms with Crippen molar-refractivity contribution in [1.82, 2.24) is 19.8 Å². The second-order valence-corrected chi connectivity index (χ2v) is 8.49. The zero-order valence-electron chi connectivity index (χ0n) is 16.2.